The summed E-state index contributed by atoms with van der Waals surface area (Å²) in [7, 11) is 0. The van der Waals surface area contributed by atoms with Gasteiger partial charge in [-0.25, -0.2) is 9.69 Å². The fourth-order valence-electron chi connectivity index (χ4n) is 4.60. The number of carbonyl (C=O) groups excluding carboxylic acids is 3. The second-order valence-electron chi connectivity index (χ2n) is 8.12. The number of urea groups is 1. The number of rotatable bonds is 4. The minimum Gasteiger partial charge on any atom is -0.325 e. The maximum atomic E-state index is 13.6. The van der Waals surface area contributed by atoms with Crippen molar-refractivity contribution < 1.29 is 14.4 Å². The molecule has 164 valence electrons. The molecule has 6 nitrogen and oxygen atoms in total. The van der Waals surface area contributed by atoms with Crippen molar-refractivity contribution in [3.05, 3.63) is 69.5 Å². The zero-order chi connectivity index (χ0) is 22.2. The monoisotopic (exact) mass is 511 g/mol. The summed E-state index contributed by atoms with van der Waals surface area (Å²) in [6.07, 6.45) is 3.98. The van der Waals surface area contributed by atoms with E-state index in [1.54, 1.807) is 53.1 Å². The van der Waals surface area contributed by atoms with Crippen LogP contribution >= 0.6 is 27.7 Å². The number of amides is 4. The molecule has 5 rings (SSSR count). The van der Waals surface area contributed by atoms with E-state index in [1.165, 1.54) is 9.81 Å². The first-order valence-corrected chi connectivity index (χ1v) is 12.3. The molecule has 1 saturated heterocycles. The summed E-state index contributed by atoms with van der Waals surface area (Å²) in [5.41, 5.74) is 2.35. The molecule has 2 unspecified atom stereocenters. The Hall–Kier alpha value is -2.58. The zero-order valence-electron chi connectivity index (χ0n) is 17.3. The molecule has 1 N–H and O–H groups in total. The second kappa shape index (κ2) is 8.75. The number of imide groups is 1. The molecule has 2 aromatic rings. The van der Waals surface area contributed by atoms with Crippen LogP contribution in [0.3, 0.4) is 0 Å². The average molecular weight is 512 g/mol. The highest BCUT2D eigenvalue weighted by molar-refractivity contribution is 9.10. The van der Waals surface area contributed by atoms with Gasteiger partial charge in [-0.1, -0.05) is 34.1 Å². The summed E-state index contributed by atoms with van der Waals surface area (Å²) in [5, 5.41) is 2.50. The maximum absolute atomic E-state index is 13.6. The van der Waals surface area contributed by atoms with Gasteiger partial charge in [-0.2, -0.15) is 0 Å². The predicted octanol–water partition coefficient (Wildman–Crippen LogP) is 5.37. The quantitative estimate of drug-likeness (QED) is 0.598. The third kappa shape index (κ3) is 3.86. The number of nitrogens with zero attached hydrogens (tertiary/aromatic N) is 2. The highest BCUT2D eigenvalue weighted by atomic mass is 79.9. The van der Waals surface area contributed by atoms with Gasteiger partial charge in [-0.15, -0.1) is 11.8 Å². The number of anilines is 2. The van der Waals surface area contributed by atoms with Crippen molar-refractivity contribution in [2.45, 2.75) is 31.1 Å². The molecule has 0 spiro atoms. The molecule has 8 heteroatoms. The van der Waals surface area contributed by atoms with Crippen molar-refractivity contribution in [3.63, 3.8) is 0 Å². The van der Waals surface area contributed by atoms with Gasteiger partial charge in [-0.05, 0) is 72.6 Å². The summed E-state index contributed by atoms with van der Waals surface area (Å²) < 4.78 is 0.917. The predicted molar refractivity (Wildman–Crippen MR) is 129 cm³/mol. The molecule has 2 heterocycles. The Balaban J connectivity index is 1.45. The van der Waals surface area contributed by atoms with Gasteiger partial charge in [0.2, 0.25) is 11.8 Å². The molecule has 0 aromatic heterocycles. The lowest BCUT2D eigenvalue weighted by atomic mass is 9.86. The first-order valence-electron chi connectivity index (χ1n) is 10.7. The Labute approximate surface area is 199 Å². The molecule has 32 heavy (non-hydrogen) atoms. The normalized spacial score (nSPS) is 22.7. The first kappa shape index (κ1) is 21.3. The Morgan fingerprint density at radius 1 is 1.03 bits per heavy atom. The van der Waals surface area contributed by atoms with E-state index in [0.29, 0.717) is 11.4 Å². The van der Waals surface area contributed by atoms with Crippen LogP contribution in [0.2, 0.25) is 0 Å². The highest BCUT2D eigenvalue weighted by Gasteiger charge is 2.53. The van der Waals surface area contributed by atoms with E-state index in [9.17, 15) is 14.4 Å². The third-order valence-corrected chi connectivity index (χ3v) is 8.12. The van der Waals surface area contributed by atoms with E-state index < -0.39 is 11.9 Å². The van der Waals surface area contributed by atoms with Gasteiger partial charge in [0.25, 0.3) is 0 Å². The number of benzene rings is 2. The first-order chi connectivity index (χ1) is 15.5. The minimum atomic E-state index is -0.444. The Bertz CT molecular complexity index is 1100. The van der Waals surface area contributed by atoms with Gasteiger partial charge in [0.05, 0.1) is 17.0 Å². The molecule has 0 saturated carbocycles. The summed E-state index contributed by atoms with van der Waals surface area (Å²) in [5.74, 6) is -0.865. The average Bonchev–Trinajstić information content (AvgIpc) is 3.19. The number of hydrogen-bond donors (Lipinski definition) is 1. The fraction of sp³-hybridized carbons (Fsp3) is 0.292. The Morgan fingerprint density at radius 3 is 2.50 bits per heavy atom. The van der Waals surface area contributed by atoms with E-state index in [0.717, 1.165) is 35.7 Å². The number of thioether (sulfide) groups is 1. The molecule has 2 aromatic carbocycles. The van der Waals surface area contributed by atoms with Crippen LogP contribution in [0, 0.1) is 5.92 Å². The second-order valence-corrected chi connectivity index (χ2v) is 10.2. The topological polar surface area (TPSA) is 69.7 Å². The van der Waals surface area contributed by atoms with E-state index in [-0.39, 0.29) is 23.7 Å². The zero-order valence-corrected chi connectivity index (χ0v) is 19.7. The lowest BCUT2D eigenvalue weighted by Crippen LogP contribution is -2.61. The molecule has 4 amide bonds. The van der Waals surface area contributed by atoms with E-state index in [4.69, 9.17) is 0 Å². The summed E-state index contributed by atoms with van der Waals surface area (Å²) in [6, 6.07) is 15.8. The molecule has 0 bridgehead atoms. The lowest BCUT2D eigenvalue weighted by molar-refractivity contribution is -0.124. The molecule has 0 radical (unpaired) electrons. The third-order valence-electron chi connectivity index (χ3n) is 6.07. The van der Waals surface area contributed by atoms with Crippen molar-refractivity contribution in [3.8, 4) is 0 Å². The van der Waals surface area contributed by atoms with Crippen molar-refractivity contribution in [2.75, 3.05) is 16.8 Å². The van der Waals surface area contributed by atoms with Crippen LogP contribution in [0.15, 0.2) is 69.5 Å². The van der Waals surface area contributed by atoms with E-state index in [1.807, 2.05) is 18.2 Å². The SMILES string of the molecule is O=C(CN1C(=O)N(c2ccccc2)C(=O)C2C3=C(CCCC3)SC21)Nc1ccc(Br)cc1. The lowest BCUT2D eigenvalue weighted by Gasteiger charge is -2.42. The molecular formula is C24H22BrN3O3S. The number of carbonyl (C=O) groups is 3. The molecule has 2 aliphatic heterocycles. The van der Waals surface area contributed by atoms with Crippen LogP contribution < -0.4 is 10.2 Å². The van der Waals surface area contributed by atoms with Crippen molar-refractivity contribution in [2.24, 2.45) is 5.92 Å². The van der Waals surface area contributed by atoms with Gasteiger partial charge in [0, 0.05) is 10.2 Å². The van der Waals surface area contributed by atoms with Crippen LogP contribution in [0.1, 0.15) is 25.7 Å². The molecule has 2 atom stereocenters. The smallest absolute Gasteiger partial charge is 0.325 e. The van der Waals surface area contributed by atoms with Gasteiger partial charge in [0.15, 0.2) is 0 Å². The van der Waals surface area contributed by atoms with Crippen LogP contribution in [0.25, 0.3) is 0 Å². The van der Waals surface area contributed by atoms with Crippen LogP contribution in [-0.4, -0.2) is 34.7 Å². The Morgan fingerprint density at radius 2 is 1.75 bits per heavy atom. The van der Waals surface area contributed by atoms with Crippen molar-refractivity contribution >= 4 is 56.9 Å². The largest absolute Gasteiger partial charge is 0.332 e. The van der Waals surface area contributed by atoms with Crippen molar-refractivity contribution in [1.29, 1.82) is 0 Å². The number of nitrogens with one attached hydrogen (secondary N) is 1. The van der Waals surface area contributed by atoms with E-state index >= 15 is 0 Å². The summed E-state index contributed by atoms with van der Waals surface area (Å²) in [6.45, 7) is -0.111. The number of halogens is 1. The van der Waals surface area contributed by atoms with Crippen molar-refractivity contribution in [1.82, 2.24) is 4.90 Å². The maximum Gasteiger partial charge on any atom is 0.332 e. The molecule has 3 aliphatic rings. The molecular weight excluding hydrogens is 490 g/mol. The van der Waals surface area contributed by atoms with Crippen LogP contribution in [0.4, 0.5) is 16.2 Å². The van der Waals surface area contributed by atoms with Gasteiger partial charge >= 0.3 is 6.03 Å². The van der Waals surface area contributed by atoms with Gasteiger partial charge in [0.1, 0.15) is 6.54 Å². The number of allylic oxidation sites excluding steroid dienone is 1. The number of hydrogen-bond acceptors (Lipinski definition) is 4. The summed E-state index contributed by atoms with van der Waals surface area (Å²) in [4.78, 5) is 44.0. The Kier molecular flexibility index (Phi) is 5.82. The van der Waals surface area contributed by atoms with Crippen LogP contribution in [-0.2, 0) is 9.59 Å². The molecule has 1 fully saturated rings. The van der Waals surface area contributed by atoms with Crippen LogP contribution in [0.5, 0.6) is 0 Å². The fourth-order valence-corrected chi connectivity index (χ4v) is 6.50. The number of para-hydroxylation sites is 1. The number of fused-ring (bicyclic) bond motifs is 2. The minimum absolute atomic E-state index is 0.111. The van der Waals surface area contributed by atoms with Gasteiger partial charge in [-0.3, -0.25) is 9.59 Å². The highest BCUT2D eigenvalue weighted by Crippen LogP contribution is 2.52. The van der Waals surface area contributed by atoms with Gasteiger partial charge < -0.3 is 10.2 Å². The van der Waals surface area contributed by atoms with E-state index in [2.05, 4.69) is 21.2 Å². The standard InChI is InChI=1S/C24H22BrN3O3S/c25-15-10-12-16(13-11-15)26-20(29)14-27-23-21(18-8-4-5-9-19(18)32-23)22(30)28(24(27)31)17-6-2-1-3-7-17/h1-3,6-7,10-13,21,23H,4-5,8-9,14H2,(H,26,29). The molecule has 1 aliphatic carbocycles. The summed E-state index contributed by atoms with van der Waals surface area (Å²) >= 11 is 4.98.